The average molecular weight is 443 g/mol. The molecule has 2 heterocycles. The Labute approximate surface area is 204 Å². The van der Waals surface area contributed by atoms with Gasteiger partial charge >= 0.3 is 0 Å². The minimum Gasteiger partial charge on any atom is -0.309 e. The Morgan fingerprint density at radius 3 is 2.15 bits per heavy atom. The molecule has 0 bridgehead atoms. The maximum atomic E-state index is 2.47. The molecule has 1 saturated heterocycles. The van der Waals surface area contributed by atoms with Crippen LogP contribution in [-0.4, -0.2) is 11.3 Å². The smallest absolute Gasteiger partial charge is 0.177 e. The van der Waals surface area contributed by atoms with E-state index in [4.69, 9.17) is 0 Å². The van der Waals surface area contributed by atoms with Crippen LogP contribution in [0.2, 0.25) is 12.6 Å². The van der Waals surface area contributed by atoms with Crippen molar-refractivity contribution in [2.45, 2.75) is 53.2 Å². The zero-order valence-electron chi connectivity index (χ0n) is 20.9. The summed E-state index contributed by atoms with van der Waals surface area (Å²) in [7, 11) is 0. The summed E-state index contributed by atoms with van der Waals surface area (Å²) in [4.78, 5) is 0. The summed E-state index contributed by atoms with van der Waals surface area (Å²) in [6.07, 6.45) is 11.7. The number of allylic oxidation sites excluding steroid dienone is 4. The average Bonchev–Trinajstić information content (AvgIpc) is 3.29. The SMILES string of the molecule is CC1(C)CB(c2cccc3c2c2ccccc2n3-c2ccc(C3=CCCC=C3)cc2)CC1(C)C. The summed E-state index contributed by atoms with van der Waals surface area (Å²) in [6.45, 7) is 10.4. The molecule has 4 aromatic rings. The Bertz CT molecular complexity index is 1430. The van der Waals surface area contributed by atoms with E-state index in [1.807, 2.05) is 0 Å². The summed E-state index contributed by atoms with van der Waals surface area (Å²) >= 11 is 0. The Kier molecular flexibility index (Phi) is 4.92. The third kappa shape index (κ3) is 3.30. The molecule has 1 aromatic heterocycles. The monoisotopic (exact) mass is 443 g/mol. The van der Waals surface area contributed by atoms with Gasteiger partial charge in [-0.05, 0) is 59.1 Å². The molecule has 0 spiro atoms. The minimum atomic E-state index is 0.344. The summed E-state index contributed by atoms with van der Waals surface area (Å²) in [5, 5.41) is 2.82. The molecule has 34 heavy (non-hydrogen) atoms. The molecule has 1 fully saturated rings. The fourth-order valence-electron chi connectivity index (χ4n) is 6.37. The lowest BCUT2D eigenvalue weighted by molar-refractivity contribution is 0.177. The zero-order chi connectivity index (χ0) is 23.5. The van der Waals surface area contributed by atoms with Crippen molar-refractivity contribution in [1.82, 2.24) is 4.57 Å². The number of nitrogens with zero attached hydrogens (tertiary/aromatic N) is 1. The number of hydrogen-bond acceptors (Lipinski definition) is 0. The van der Waals surface area contributed by atoms with Crippen LogP contribution in [0.25, 0.3) is 33.1 Å². The third-order valence-corrected chi connectivity index (χ3v) is 8.97. The van der Waals surface area contributed by atoms with Crippen LogP contribution in [-0.2, 0) is 0 Å². The zero-order valence-corrected chi connectivity index (χ0v) is 20.9. The number of benzene rings is 3. The van der Waals surface area contributed by atoms with E-state index >= 15 is 0 Å². The van der Waals surface area contributed by atoms with Gasteiger partial charge in [0.15, 0.2) is 6.71 Å². The maximum Gasteiger partial charge on any atom is 0.177 e. The quantitative estimate of drug-likeness (QED) is 0.281. The van der Waals surface area contributed by atoms with Gasteiger partial charge < -0.3 is 4.57 Å². The number of rotatable bonds is 3. The van der Waals surface area contributed by atoms with Crippen molar-refractivity contribution in [1.29, 1.82) is 0 Å². The highest BCUT2D eigenvalue weighted by atomic mass is 15.0. The van der Waals surface area contributed by atoms with Gasteiger partial charge in [0.1, 0.15) is 0 Å². The first-order valence-electron chi connectivity index (χ1n) is 12.9. The van der Waals surface area contributed by atoms with Crippen LogP contribution in [0.15, 0.2) is 85.0 Å². The van der Waals surface area contributed by atoms with Crippen LogP contribution in [0.1, 0.15) is 46.1 Å². The second kappa shape index (κ2) is 7.77. The Morgan fingerprint density at radius 1 is 0.735 bits per heavy atom. The van der Waals surface area contributed by atoms with Crippen molar-refractivity contribution >= 4 is 39.6 Å². The fraction of sp³-hybridized carbons (Fsp3) is 0.312. The minimum absolute atomic E-state index is 0.344. The first kappa shape index (κ1) is 21.5. The highest BCUT2D eigenvalue weighted by Gasteiger charge is 2.48. The molecule has 2 aliphatic rings. The summed E-state index contributed by atoms with van der Waals surface area (Å²) in [6, 6.07) is 25.1. The van der Waals surface area contributed by atoms with Crippen molar-refractivity contribution in [3.05, 3.63) is 90.5 Å². The molecule has 6 rings (SSSR count). The van der Waals surface area contributed by atoms with E-state index in [1.165, 1.54) is 56.7 Å². The lowest BCUT2D eigenvalue weighted by atomic mass is 9.41. The topological polar surface area (TPSA) is 4.93 Å². The molecule has 1 aliphatic heterocycles. The van der Waals surface area contributed by atoms with E-state index < -0.39 is 0 Å². The Morgan fingerprint density at radius 2 is 1.44 bits per heavy atom. The van der Waals surface area contributed by atoms with Crippen LogP contribution in [0.4, 0.5) is 0 Å². The molecule has 3 aromatic carbocycles. The normalized spacial score (nSPS) is 19.2. The van der Waals surface area contributed by atoms with Gasteiger partial charge in [-0.15, -0.1) is 0 Å². The lowest BCUT2D eigenvalue weighted by Gasteiger charge is -2.35. The molecule has 170 valence electrons. The summed E-state index contributed by atoms with van der Waals surface area (Å²) in [5.41, 5.74) is 8.72. The molecule has 0 N–H and O–H groups in total. The van der Waals surface area contributed by atoms with E-state index in [0.29, 0.717) is 17.5 Å². The van der Waals surface area contributed by atoms with Crippen molar-refractivity contribution in [2.24, 2.45) is 10.8 Å². The number of fused-ring (bicyclic) bond motifs is 3. The van der Waals surface area contributed by atoms with E-state index in [1.54, 1.807) is 0 Å². The molecule has 0 unspecified atom stereocenters. The van der Waals surface area contributed by atoms with Crippen molar-refractivity contribution in [3.8, 4) is 5.69 Å². The van der Waals surface area contributed by atoms with Crippen molar-refractivity contribution in [2.75, 3.05) is 0 Å². The second-order valence-corrected chi connectivity index (χ2v) is 11.7. The van der Waals surface area contributed by atoms with Crippen LogP contribution >= 0.6 is 0 Å². The molecule has 0 amide bonds. The van der Waals surface area contributed by atoms with Crippen molar-refractivity contribution < 1.29 is 0 Å². The molecule has 0 saturated carbocycles. The van der Waals surface area contributed by atoms with E-state index in [2.05, 4.69) is 117 Å². The van der Waals surface area contributed by atoms with Gasteiger partial charge in [0.05, 0.1) is 11.0 Å². The van der Waals surface area contributed by atoms with Gasteiger partial charge in [-0.2, -0.15) is 0 Å². The first-order chi connectivity index (χ1) is 16.4. The fourth-order valence-corrected chi connectivity index (χ4v) is 6.37. The largest absolute Gasteiger partial charge is 0.309 e. The van der Waals surface area contributed by atoms with Gasteiger partial charge in [0, 0.05) is 16.5 Å². The predicted octanol–water partition coefficient (Wildman–Crippen LogP) is 8.28. The number of aromatic nitrogens is 1. The predicted molar refractivity (Wildman–Crippen MR) is 150 cm³/mol. The van der Waals surface area contributed by atoms with Gasteiger partial charge in [-0.25, -0.2) is 0 Å². The highest BCUT2D eigenvalue weighted by Crippen LogP contribution is 2.53. The lowest BCUT2D eigenvalue weighted by Crippen LogP contribution is -2.28. The molecule has 0 atom stereocenters. The number of para-hydroxylation sites is 1. The van der Waals surface area contributed by atoms with Gasteiger partial charge in [-0.3, -0.25) is 0 Å². The first-order valence-corrected chi connectivity index (χ1v) is 12.9. The van der Waals surface area contributed by atoms with Gasteiger partial charge in [0.25, 0.3) is 0 Å². The molecule has 2 heteroatoms. The Balaban J connectivity index is 1.52. The van der Waals surface area contributed by atoms with E-state index in [9.17, 15) is 0 Å². The molecular weight excluding hydrogens is 409 g/mol. The second-order valence-electron chi connectivity index (χ2n) is 11.7. The summed E-state index contributed by atoms with van der Waals surface area (Å²) < 4.78 is 2.47. The summed E-state index contributed by atoms with van der Waals surface area (Å²) in [5.74, 6) is 0. The maximum absolute atomic E-state index is 2.47. The van der Waals surface area contributed by atoms with Crippen LogP contribution in [0.5, 0.6) is 0 Å². The Hall–Kier alpha value is -3.00. The molecule has 0 radical (unpaired) electrons. The third-order valence-electron chi connectivity index (χ3n) is 8.97. The molecule has 1 aliphatic carbocycles. The van der Waals surface area contributed by atoms with Gasteiger partial charge in [0.2, 0.25) is 0 Å². The standard InChI is InChI=1S/C32H34BN/c1-31(2)21-33(22-32(31,3)4)27-14-10-16-29-30(27)26-13-8-9-15-28(26)34(29)25-19-17-24(18-20-25)23-11-6-5-7-12-23/h6,8-20H,5,7,21-22H2,1-4H3. The molecule has 1 nitrogen and oxygen atoms in total. The van der Waals surface area contributed by atoms with Gasteiger partial charge in [-0.1, -0.05) is 106 Å². The highest BCUT2D eigenvalue weighted by molar-refractivity contribution is 6.77. The van der Waals surface area contributed by atoms with Crippen LogP contribution in [0.3, 0.4) is 0 Å². The molecular formula is C32H34BN. The van der Waals surface area contributed by atoms with E-state index in [-0.39, 0.29) is 0 Å². The van der Waals surface area contributed by atoms with Crippen LogP contribution in [0, 0.1) is 10.8 Å². The number of hydrogen-bond donors (Lipinski definition) is 0. The van der Waals surface area contributed by atoms with Crippen LogP contribution < -0.4 is 5.46 Å². The van der Waals surface area contributed by atoms with E-state index in [0.717, 1.165) is 12.8 Å². The van der Waals surface area contributed by atoms with Crippen molar-refractivity contribution in [3.63, 3.8) is 0 Å².